The Hall–Kier alpha value is -2.13. The topological polar surface area (TPSA) is 72.3 Å². The number of aromatic nitrogens is 2. The molecule has 1 aromatic carbocycles. The molecule has 1 aromatic heterocycles. The summed E-state index contributed by atoms with van der Waals surface area (Å²) < 4.78 is 43.2. The lowest BCUT2D eigenvalue weighted by molar-refractivity contribution is -0.141. The number of ketones is 1. The van der Waals surface area contributed by atoms with Crippen LogP contribution in [0.1, 0.15) is 29.4 Å². The van der Waals surface area contributed by atoms with Gasteiger partial charge in [0.1, 0.15) is 18.1 Å². The van der Waals surface area contributed by atoms with Crippen molar-refractivity contribution in [2.75, 3.05) is 12.4 Å². The summed E-state index contributed by atoms with van der Waals surface area (Å²) in [6, 6.07) is 7.31. The van der Waals surface area contributed by atoms with Crippen molar-refractivity contribution in [3.8, 4) is 5.75 Å². The van der Waals surface area contributed by atoms with Crippen LogP contribution in [0.2, 0.25) is 0 Å². The zero-order valence-corrected chi connectivity index (χ0v) is 14.7. The highest BCUT2D eigenvalue weighted by atomic mass is 32.2. The molecule has 0 fully saturated rings. The summed E-state index contributed by atoms with van der Waals surface area (Å²) in [7, 11) is 0. The lowest BCUT2D eigenvalue weighted by atomic mass is 10.1. The van der Waals surface area contributed by atoms with Gasteiger partial charge in [-0.05, 0) is 30.3 Å². The van der Waals surface area contributed by atoms with E-state index in [-0.39, 0.29) is 23.3 Å². The Morgan fingerprint density at radius 3 is 2.58 bits per heavy atom. The fraction of sp³-hybridized carbons (Fsp3) is 0.353. The first-order valence-corrected chi connectivity index (χ1v) is 8.75. The molecule has 0 aliphatic heterocycles. The van der Waals surface area contributed by atoms with Crippen LogP contribution < -0.4 is 4.74 Å². The average molecular weight is 386 g/mol. The highest BCUT2D eigenvalue weighted by molar-refractivity contribution is 7.99. The van der Waals surface area contributed by atoms with Crippen LogP contribution in [-0.4, -0.2) is 39.3 Å². The molecule has 0 aliphatic carbocycles. The molecule has 0 amide bonds. The van der Waals surface area contributed by atoms with Crippen LogP contribution in [-0.2, 0) is 6.18 Å². The normalized spacial score (nSPS) is 12.7. The second-order valence-corrected chi connectivity index (χ2v) is 6.29. The number of benzene rings is 1. The first kappa shape index (κ1) is 20.2. The molecule has 0 spiro atoms. The largest absolute Gasteiger partial charge is 0.491 e. The predicted octanol–water partition coefficient (Wildman–Crippen LogP) is 3.62. The number of hydrogen-bond donors (Lipinski definition) is 1. The van der Waals surface area contributed by atoms with Crippen molar-refractivity contribution < 1.29 is 27.8 Å². The van der Waals surface area contributed by atoms with Crippen LogP contribution in [0.5, 0.6) is 5.75 Å². The molecule has 5 nitrogen and oxygen atoms in total. The van der Waals surface area contributed by atoms with E-state index in [1.807, 2.05) is 0 Å². The van der Waals surface area contributed by atoms with Gasteiger partial charge in [0.05, 0.1) is 6.10 Å². The monoisotopic (exact) mass is 386 g/mol. The zero-order chi connectivity index (χ0) is 19.2. The van der Waals surface area contributed by atoms with Gasteiger partial charge >= 0.3 is 6.18 Å². The van der Waals surface area contributed by atoms with Crippen LogP contribution in [0.15, 0.2) is 41.7 Å². The molecule has 0 saturated heterocycles. The summed E-state index contributed by atoms with van der Waals surface area (Å²) in [5, 5.41) is 9.84. The Kier molecular flexibility index (Phi) is 6.98. The SMILES string of the molecule is CCC(=O)c1ccc(OCC(O)CSc2nccc(C(F)(F)F)n2)cc1. The number of nitrogens with zero attached hydrogens (tertiary/aromatic N) is 2. The molecule has 0 radical (unpaired) electrons. The quantitative estimate of drug-likeness (QED) is 0.424. The summed E-state index contributed by atoms with van der Waals surface area (Å²) in [5.74, 6) is 0.583. The smallest absolute Gasteiger partial charge is 0.433 e. The maximum Gasteiger partial charge on any atom is 0.433 e. The molecule has 1 N–H and O–H groups in total. The molecule has 2 aromatic rings. The number of rotatable bonds is 8. The molecule has 1 unspecified atom stereocenters. The molecule has 1 atom stereocenters. The maximum absolute atomic E-state index is 12.6. The highest BCUT2D eigenvalue weighted by Crippen LogP contribution is 2.28. The van der Waals surface area contributed by atoms with E-state index >= 15 is 0 Å². The molecule has 140 valence electrons. The van der Waals surface area contributed by atoms with Crippen molar-refractivity contribution >= 4 is 17.5 Å². The van der Waals surface area contributed by atoms with Crippen LogP contribution in [0, 0.1) is 0 Å². The summed E-state index contributed by atoms with van der Waals surface area (Å²) in [5.41, 5.74) is -0.444. The van der Waals surface area contributed by atoms with Crippen molar-refractivity contribution in [3.05, 3.63) is 47.8 Å². The Morgan fingerprint density at radius 1 is 1.27 bits per heavy atom. The summed E-state index contributed by atoms with van der Waals surface area (Å²) in [6.07, 6.45) is -4.02. The van der Waals surface area contributed by atoms with E-state index in [2.05, 4.69) is 9.97 Å². The van der Waals surface area contributed by atoms with E-state index in [1.54, 1.807) is 31.2 Å². The van der Waals surface area contributed by atoms with Gasteiger partial charge in [-0.15, -0.1) is 0 Å². The van der Waals surface area contributed by atoms with Crippen molar-refractivity contribution in [1.82, 2.24) is 9.97 Å². The van der Waals surface area contributed by atoms with Crippen LogP contribution in [0.25, 0.3) is 0 Å². The second-order valence-electron chi connectivity index (χ2n) is 5.30. The van der Waals surface area contributed by atoms with Gasteiger partial charge in [0.15, 0.2) is 10.9 Å². The lowest BCUT2D eigenvalue weighted by Gasteiger charge is -2.12. The Morgan fingerprint density at radius 2 is 1.96 bits per heavy atom. The van der Waals surface area contributed by atoms with E-state index in [0.29, 0.717) is 17.7 Å². The Balaban J connectivity index is 1.82. The fourth-order valence-electron chi connectivity index (χ4n) is 1.92. The zero-order valence-electron chi connectivity index (χ0n) is 13.9. The third-order valence-electron chi connectivity index (χ3n) is 3.27. The number of aliphatic hydroxyl groups is 1. The standard InChI is InChI=1S/C17H17F3N2O3S/c1-2-14(24)11-3-5-13(6-4-11)25-9-12(23)10-26-16-21-8-7-15(22-16)17(18,19)20/h3-8,12,23H,2,9-10H2,1H3. The van der Waals surface area contributed by atoms with Gasteiger partial charge in [0.25, 0.3) is 0 Å². The summed E-state index contributed by atoms with van der Waals surface area (Å²) in [6.45, 7) is 1.72. The highest BCUT2D eigenvalue weighted by Gasteiger charge is 2.32. The number of carbonyl (C=O) groups excluding carboxylic acids is 1. The molecule has 9 heteroatoms. The van der Waals surface area contributed by atoms with Crippen molar-refractivity contribution in [2.24, 2.45) is 0 Å². The van der Waals surface area contributed by atoms with Gasteiger partial charge in [-0.1, -0.05) is 18.7 Å². The number of alkyl halides is 3. The van der Waals surface area contributed by atoms with E-state index in [0.717, 1.165) is 24.0 Å². The van der Waals surface area contributed by atoms with Crippen molar-refractivity contribution in [1.29, 1.82) is 0 Å². The molecule has 1 heterocycles. The molecule has 26 heavy (non-hydrogen) atoms. The van der Waals surface area contributed by atoms with Crippen LogP contribution in [0.4, 0.5) is 13.2 Å². The van der Waals surface area contributed by atoms with Crippen LogP contribution >= 0.6 is 11.8 Å². The van der Waals surface area contributed by atoms with Gasteiger partial charge in [-0.25, -0.2) is 9.97 Å². The summed E-state index contributed by atoms with van der Waals surface area (Å²) in [4.78, 5) is 18.7. The Bertz CT molecular complexity index is 739. The minimum atomic E-state index is -4.54. The van der Waals surface area contributed by atoms with Gasteiger partial charge in [0.2, 0.25) is 0 Å². The van der Waals surface area contributed by atoms with E-state index in [9.17, 15) is 23.1 Å². The van der Waals surface area contributed by atoms with Crippen molar-refractivity contribution in [3.63, 3.8) is 0 Å². The summed E-state index contributed by atoms with van der Waals surface area (Å²) >= 11 is 0.906. The maximum atomic E-state index is 12.6. The third-order valence-corrected chi connectivity index (χ3v) is 4.27. The number of carbonyl (C=O) groups is 1. The molecule has 0 aliphatic rings. The van der Waals surface area contributed by atoms with E-state index < -0.39 is 18.0 Å². The average Bonchev–Trinajstić information content (AvgIpc) is 2.64. The van der Waals surface area contributed by atoms with Crippen LogP contribution in [0.3, 0.4) is 0 Å². The van der Waals surface area contributed by atoms with Gasteiger partial charge in [-0.3, -0.25) is 4.79 Å². The molecule has 0 bridgehead atoms. The Labute approximate surface area is 152 Å². The minimum Gasteiger partial charge on any atom is -0.491 e. The molecule has 0 saturated carbocycles. The molecular weight excluding hydrogens is 369 g/mol. The number of halogens is 3. The first-order valence-electron chi connectivity index (χ1n) is 7.76. The number of hydrogen-bond acceptors (Lipinski definition) is 6. The number of aliphatic hydroxyl groups excluding tert-OH is 1. The first-order chi connectivity index (χ1) is 12.3. The third kappa shape index (κ3) is 5.99. The number of thioether (sulfide) groups is 1. The fourth-order valence-corrected chi connectivity index (χ4v) is 2.66. The van der Waals surface area contributed by atoms with Gasteiger partial charge < -0.3 is 9.84 Å². The van der Waals surface area contributed by atoms with Crippen molar-refractivity contribution in [2.45, 2.75) is 30.8 Å². The van der Waals surface area contributed by atoms with E-state index in [4.69, 9.17) is 4.74 Å². The number of Topliss-reactive ketones (excluding diaryl/α,β-unsaturated/α-hetero) is 1. The lowest BCUT2D eigenvalue weighted by Crippen LogP contribution is -2.20. The number of ether oxygens (including phenoxy) is 1. The molecule has 2 rings (SSSR count). The second kappa shape index (κ2) is 9.00. The predicted molar refractivity (Wildman–Crippen MR) is 90.3 cm³/mol. The van der Waals surface area contributed by atoms with E-state index in [1.165, 1.54) is 0 Å². The van der Waals surface area contributed by atoms with Gasteiger partial charge in [-0.2, -0.15) is 13.2 Å². The molecular formula is C17H17F3N2O3S. The van der Waals surface area contributed by atoms with Gasteiger partial charge in [0, 0.05) is 23.9 Å². The minimum absolute atomic E-state index is 0.0223.